The fourth-order valence-electron chi connectivity index (χ4n) is 2.55. The van der Waals surface area contributed by atoms with Crippen LogP contribution in [-0.2, 0) is 0 Å². The minimum atomic E-state index is 0. The highest BCUT2D eigenvalue weighted by Gasteiger charge is 2.19. The second-order valence-corrected chi connectivity index (χ2v) is 6.08. The highest BCUT2D eigenvalue weighted by atomic mass is 35.5. The van der Waals surface area contributed by atoms with Crippen LogP contribution in [0.5, 0.6) is 0 Å². The van der Waals surface area contributed by atoms with Crippen LogP contribution in [0.15, 0.2) is 18.2 Å². The Morgan fingerprint density at radius 1 is 1.24 bits per heavy atom. The molecule has 0 aliphatic rings. The second-order valence-electron chi connectivity index (χ2n) is 6.08. The Labute approximate surface area is 136 Å². The predicted octanol–water partition coefficient (Wildman–Crippen LogP) is 4.49. The quantitative estimate of drug-likeness (QED) is 0.620. The Morgan fingerprint density at radius 3 is 2.38 bits per heavy atom. The third-order valence-corrected chi connectivity index (χ3v) is 4.37. The number of benzene rings is 1. The zero-order chi connectivity index (χ0) is 15.2. The SMILES string of the molecule is CCC(N)(CC)CCCC(C)Nc1ccc(N)cc1C.Cl. The summed E-state index contributed by atoms with van der Waals surface area (Å²) in [5, 5.41) is 3.56. The molecule has 1 rings (SSSR count). The number of hydrogen-bond donors (Lipinski definition) is 3. The first-order valence-corrected chi connectivity index (χ1v) is 7.81. The smallest absolute Gasteiger partial charge is 0.0373 e. The summed E-state index contributed by atoms with van der Waals surface area (Å²) in [6.07, 6.45) is 5.53. The summed E-state index contributed by atoms with van der Waals surface area (Å²) in [5.74, 6) is 0. The summed E-state index contributed by atoms with van der Waals surface area (Å²) in [6.45, 7) is 8.68. The standard InChI is InChI=1S/C17H31N3.ClH/c1-5-17(19,6-2)11-7-8-14(4)20-16-10-9-15(18)12-13(16)3;/h9-10,12,14,20H,5-8,11,18-19H2,1-4H3;1H. The van der Waals surface area contributed by atoms with Crippen molar-refractivity contribution in [1.29, 1.82) is 0 Å². The fourth-order valence-corrected chi connectivity index (χ4v) is 2.55. The molecule has 21 heavy (non-hydrogen) atoms. The molecular formula is C17H32ClN3. The van der Waals surface area contributed by atoms with E-state index < -0.39 is 0 Å². The number of anilines is 2. The summed E-state index contributed by atoms with van der Waals surface area (Å²) >= 11 is 0. The molecule has 0 spiro atoms. The number of halogens is 1. The Morgan fingerprint density at radius 2 is 1.86 bits per heavy atom. The van der Waals surface area contributed by atoms with E-state index >= 15 is 0 Å². The Bertz CT molecular complexity index is 416. The van der Waals surface area contributed by atoms with Crippen molar-refractivity contribution in [3.63, 3.8) is 0 Å². The highest BCUT2D eigenvalue weighted by Crippen LogP contribution is 2.22. The fraction of sp³-hybridized carbons (Fsp3) is 0.647. The van der Waals surface area contributed by atoms with Gasteiger partial charge in [0.1, 0.15) is 0 Å². The van der Waals surface area contributed by atoms with Gasteiger partial charge in [-0.15, -0.1) is 12.4 Å². The van der Waals surface area contributed by atoms with Crippen molar-refractivity contribution in [2.24, 2.45) is 5.73 Å². The summed E-state index contributed by atoms with van der Waals surface area (Å²) in [5.41, 5.74) is 15.3. The molecule has 1 atom stereocenters. The molecule has 1 aromatic rings. The molecule has 0 saturated heterocycles. The van der Waals surface area contributed by atoms with Gasteiger partial charge in [0.15, 0.2) is 0 Å². The van der Waals surface area contributed by atoms with E-state index in [4.69, 9.17) is 11.5 Å². The minimum absolute atomic E-state index is 0. The first-order chi connectivity index (χ1) is 9.40. The second kappa shape index (κ2) is 9.16. The lowest BCUT2D eigenvalue weighted by atomic mass is 9.88. The van der Waals surface area contributed by atoms with Crippen LogP contribution >= 0.6 is 12.4 Å². The number of aryl methyl sites for hydroxylation is 1. The zero-order valence-electron chi connectivity index (χ0n) is 13.9. The van der Waals surface area contributed by atoms with Gasteiger partial charge < -0.3 is 16.8 Å². The van der Waals surface area contributed by atoms with Gasteiger partial charge in [0, 0.05) is 23.0 Å². The normalized spacial score (nSPS) is 12.6. The lowest BCUT2D eigenvalue weighted by Gasteiger charge is -2.27. The van der Waals surface area contributed by atoms with Crippen molar-refractivity contribution in [2.75, 3.05) is 11.1 Å². The zero-order valence-corrected chi connectivity index (χ0v) is 14.7. The minimum Gasteiger partial charge on any atom is -0.399 e. The van der Waals surface area contributed by atoms with Gasteiger partial charge in [-0.25, -0.2) is 0 Å². The monoisotopic (exact) mass is 313 g/mol. The third-order valence-electron chi connectivity index (χ3n) is 4.37. The maximum Gasteiger partial charge on any atom is 0.0373 e. The van der Waals surface area contributed by atoms with E-state index in [0.29, 0.717) is 6.04 Å². The maximum atomic E-state index is 6.34. The van der Waals surface area contributed by atoms with Crippen LogP contribution < -0.4 is 16.8 Å². The van der Waals surface area contributed by atoms with Crippen molar-refractivity contribution in [1.82, 2.24) is 0 Å². The number of rotatable bonds is 8. The number of nitrogen functional groups attached to an aromatic ring is 1. The topological polar surface area (TPSA) is 64.1 Å². The maximum absolute atomic E-state index is 6.34. The van der Waals surface area contributed by atoms with Crippen LogP contribution in [0.4, 0.5) is 11.4 Å². The molecule has 0 aliphatic heterocycles. The molecule has 0 amide bonds. The van der Waals surface area contributed by atoms with Crippen LogP contribution in [0.3, 0.4) is 0 Å². The van der Waals surface area contributed by atoms with Gasteiger partial charge in [0.05, 0.1) is 0 Å². The van der Waals surface area contributed by atoms with Crippen LogP contribution in [0, 0.1) is 6.92 Å². The summed E-state index contributed by atoms with van der Waals surface area (Å²) in [6, 6.07) is 6.47. The average Bonchev–Trinajstić information content (AvgIpc) is 2.42. The van der Waals surface area contributed by atoms with Gasteiger partial charge >= 0.3 is 0 Å². The van der Waals surface area contributed by atoms with Gasteiger partial charge in [-0.1, -0.05) is 13.8 Å². The molecule has 0 heterocycles. The van der Waals surface area contributed by atoms with Crippen molar-refractivity contribution in [2.45, 2.75) is 71.4 Å². The third kappa shape index (κ3) is 6.58. The number of hydrogen-bond acceptors (Lipinski definition) is 3. The van der Waals surface area contributed by atoms with E-state index in [9.17, 15) is 0 Å². The molecule has 0 aromatic heterocycles. The van der Waals surface area contributed by atoms with Crippen LogP contribution in [0.1, 0.15) is 58.4 Å². The summed E-state index contributed by atoms with van der Waals surface area (Å²) in [7, 11) is 0. The first kappa shape index (κ1) is 20.1. The molecule has 5 N–H and O–H groups in total. The van der Waals surface area contributed by atoms with E-state index in [1.54, 1.807) is 0 Å². The molecule has 0 bridgehead atoms. The van der Waals surface area contributed by atoms with E-state index in [1.807, 2.05) is 12.1 Å². The molecule has 0 saturated carbocycles. The number of nitrogens with one attached hydrogen (secondary N) is 1. The Hall–Kier alpha value is -0.930. The Balaban J connectivity index is 0.00000400. The predicted molar refractivity (Wildman–Crippen MR) is 97.3 cm³/mol. The molecule has 0 aliphatic carbocycles. The molecular weight excluding hydrogens is 282 g/mol. The molecule has 0 radical (unpaired) electrons. The molecule has 3 nitrogen and oxygen atoms in total. The van der Waals surface area contributed by atoms with Crippen molar-refractivity contribution < 1.29 is 0 Å². The van der Waals surface area contributed by atoms with Gasteiger partial charge in [0.2, 0.25) is 0 Å². The van der Waals surface area contributed by atoms with Crippen molar-refractivity contribution >= 4 is 23.8 Å². The van der Waals surface area contributed by atoms with Crippen molar-refractivity contribution in [3.05, 3.63) is 23.8 Å². The lowest BCUT2D eigenvalue weighted by molar-refractivity contribution is 0.350. The van der Waals surface area contributed by atoms with Gasteiger partial charge in [-0.3, -0.25) is 0 Å². The van der Waals surface area contributed by atoms with Gasteiger partial charge in [-0.05, 0) is 69.7 Å². The highest BCUT2D eigenvalue weighted by molar-refractivity contribution is 5.85. The average molecular weight is 314 g/mol. The van der Waals surface area contributed by atoms with Gasteiger partial charge in [0.25, 0.3) is 0 Å². The van der Waals surface area contributed by atoms with E-state index in [2.05, 4.69) is 39.1 Å². The van der Waals surface area contributed by atoms with Crippen LogP contribution in [-0.4, -0.2) is 11.6 Å². The van der Waals surface area contributed by atoms with Crippen LogP contribution in [0.25, 0.3) is 0 Å². The summed E-state index contributed by atoms with van der Waals surface area (Å²) < 4.78 is 0. The van der Waals surface area contributed by atoms with E-state index in [1.165, 1.54) is 17.7 Å². The molecule has 1 unspecified atom stereocenters. The van der Waals surface area contributed by atoms with E-state index in [-0.39, 0.29) is 17.9 Å². The molecule has 4 heteroatoms. The van der Waals surface area contributed by atoms with E-state index in [0.717, 1.165) is 31.4 Å². The lowest BCUT2D eigenvalue weighted by Crippen LogP contribution is -2.38. The summed E-state index contributed by atoms with van der Waals surface area (Å²) in [4.78, 5) is 0. The van der Waals surface area contributed by atoms with Crippen LogP contribution in [0.2, 0.25) is 0 Å². The molecule has 122 valence electrons. The van der Waals surface area contributed by atoms with Crippen molar-refractivity contribution in [3.8, 4) is 0 Å². The Kier molecular flexibility index (Phi) is 8.76. The molecule has 1 aromatic carbocycles. The molecule has 0 fully saturated rings. The number of nitrogens with two attached hydrogens (primary N) is 2. The largest absolute Gasteiger partial charge is 0.399 e. The first-order valence-electron chi connectivity index (χ1n) is 7.81. The van der Waals surface area contributed by atoms with Gasteiger partial charge in [-0.2, -0.15) is 0 Å².